The Morgan fingerprint density at radius 3 is 2.54 bits per heavy atom. The molecule has 26 heavy (non-hydrogen) atoms. The van der Waals surface area contributed by atoms with Crippen LogP contribution in [0.2, 0.25) is 0 Å². The number of ether oxygens (including phenoxy) is 1. The normalized spacial score (nSPS) is 15.3. The predicted molar refractivity (Wildman–Crippen MR) is 103 cm³/mol. The minimum atomic E-state index is 0.0421. The third-order valence-corrected chi connectivity index (χ3v) is 4.80. The molecule has 4 nitrogen and oxygen atoms in total. The number of amides is 1. The molecule has 0 aromatic heterocycles. The highest BCUT2D eigenvalue weighted by atomic mass is 16.5. The van der Waals surface area contributed by atoms with Crippen LogP contribution in [0.3, 0.4) is 0 Å². The summed E-state index contributed by atoms with van der Waals surface area (Å²) >= 11 is 0. The van der Waals surface area contributed by atoms with Gasteiger partial charge in [-0.05, 0) is 55.5 Å². The number of hydrogen-bond donors (Lipinski definition) is 1. The van der Waals surface area contributed by atoms with E-state index in [4.69, 9.17) is 4.74 Å². The summed E-state index contributed by atoms with van der Waals surface area (Å²) in [6.07, 6.45) is 5.36. The third kappa shape index (κ3) is 4.45. The second-order valence-electron chi connectivity index (χ2n) is 6.50. The molecule has 4 heteroatoms. The number of nitrogens with zero attached hydrogens (tertiary/aromatic N) is 1. The van der Waals surface area contributed by atoms with Crippen molar-refractivity contribution in [2.75, 3.05) is 19.7 Å². The summed E-state index contributed by atoms with van der Waals surface area (Å²) in [6.45, 7) is 4.05. The van der Waals surface area contributed by atoms with E-state index >= 15 is 0 Å². The standard InChI is InChI=1S/C22H25NO3/c1-2-26-21-6-4-3-5-19(21)9-12-22(25)23-15-13-18(14-16-23)17-7-10-20(24)11-8-17/h3-12,18,24H,2,13-16H2,1H3/b12-9+. The van der Waals surface area contributed by atoms with Crippen LogP contribution in [-0.2, 0) is 4.79 Å². The van der Waals surface area contributed by atoms with Crippen LogP contribution in [0.4, 0.5) is 0 Å². The predicted octanol–water partition coefficient (Wildman–Crippen LogP) is 4.21. The molecule has 0 radical (unpaired) electrons. The maximum Gasteiger partial charge on any atom is 0.246 e. The van der Waals surface area contributed by atoms with Gasteiger partial charge in [0.05, 0.1) is 6.61 Å². The number of para-hydroxylation sites is 1. The van der Waals surface area contributed by atoms with Crippen LogP contribution in [0.25, 0.3) is 6.08 Å². The summed E-state index contributed by atoms with van der Waals surface area (Å²) in [6, 6.07) is 15.1. The number of carbonyl (C=O) groups excluding carboxylic acids is 1. The molecular weight excluding hydrogens is 326 g/mol. The molecule has 136 valence electrons. The Morgan fingerprint density at radius 1 is 1.15 bits per heavy atom. The highest BCUT2D eigenvalue weighted by molar-refractivity contribution is 5.92. The molecule has 3 rings (SSSR count). The van der Waals surface area contributed by atoms with Gasteiger partial charge in [-0.1, -0.05) is 30.3 Å². The van der Waals surface area contributed by atoms with Crippen LogP contribution in [0.5, 0.6) is 11.5 Å². The number of likely N-dealkylation sites (tertiary alicyclic amines) is 1. The molecule has 1 aliphatic rings. The lowest BCUT2D eigenvalue weighted by Crippen LogP contribution is -2.36. The summed E-state index contributed by atoms with van der Waals surface area (Å²) < 4.78 is 5.59. The molecule has 2 aromatic carbocycles. The van der Waals surface area contributed by atoms with Crippen molar-refractivity contribution in [2.45, 2.75) is 25.7 Å². The van der Waals surface area contributed by atoms with Gasteiger partial charge in [0.1, 0.15) is 11.5 Å². The molecule has 1 fully saturated rings. The van der Waals surface area contributed by atoms with E-state index in [1.165, 1.54) is 5.56 Å². The molecule has 1 amide bonds. The van der Waals surface area contributed by atoms with E-state index in [1.807, 2.05) is 54.3 Å². The number of phenols is 1. The van der Waals surface area contributed by atoms with Crippen LogP contribution in [-0.4, -0.2) is 35.6 Å². The van der Waals surface area contributed by atoms with Crippen molar-refractivity contribution in [3.8, 4) is 11.5 Å². The van der Waals surface area contributed by atoms with Gasteiger partial charge in [0.15, 0.2) is 0 Å². The van der Waals surface area contributed by atoms with Crippen molar-refractivity contribution in [3.63, 3.8) is 0 Å². The number of rotatable bonds is 5. The van der Waals surface area contributed by atoms with Crippen LogP contribution >= 0.6 is 0 Å². The number of benzene rings is 2. The Hall–Kier alpha value is -2.75. The van der Waals surface area contributed by atoms with E-state index < -0.39 is 0 Å². The van der Waals surface area contributed by atoms with E-state index in [0.717, 1.165) is 37.2 Å². The maximum absolute atomic E-state index is 12.5. The van der Waals surface area contributed by atoms with E-state index in [2.05, 4.69) is 0 Å². The van der Waals surface area contributed by atoms with Gasteiger partial charge >= 0.3 is 0 Å². The fraction of sp³-hybridized carbons (Fsp3) is 0.318. The van der Waals surface area contributed by atoms with Gasteiger partial charge < -0.3 is 14.7 Å². The van der Waals surface area contributed by atoms with Crippen LogP contribution in [0, 0.1) is 0 Å². The van der Waals surface area contributed by atoms with Gasteiger partial charge in [0.25, 0.3) is 0 Å². The molecule has 0 saturated carbocycles. The molecule has 0 atom stereocenters. The van der Waals surface area contributed by atoms with E-state index in [0.29, 0.717) is 18.3 Å². The van der Waals surface area contributed by atoms with Crippen LogP contribution < -0.4 is 4.74 Å². The Balaban J connectivity index is 1.58. The Kier molecular flexibility index (Phi) is 5.95. The number of hydrogen-bond acceptors (Lipinski definition) is 3. The van der Waals surface area contributed by atoms with Gasteiger partial charge in [0, 0.05) is 24.7 Å². The Bertz CT molecular complexity index is 759. The fourth-order valence-corrected chi connectivity index (χ4v) is 3.35. The average Bonchev–Trinajstić information content (AvgIpc) is 2.68. The molecule has 0 bridgehead atoms. The molecule has 1 heterocycles. The van der Waals surface area contributed by atoms with Crippen molar-refractivity contribution < 1.29 is 14.6 Å². The van der Waals surface area contributed by atoms with Crippen molar-refractivity contribution in [1.82, 2.24) is 4.90 Å². The van der Waals surface area contributed by atoms with Gasteiger partial charge in [0.2, 0.25) is 5.91 Å². The molecule has 1 aliphatic heterocycles. The quantitative estimate of drug-likeness (QED) is 0.821. The lowest BCUT2D eigenvalue weighted by molar-refractivity contribution is -0.126. The number of carbonyl (C=O) groups is 1. The minimum absolute atomic E-state index is 0.0421. The Morgan fingerprint density at radius 2 is 1.85 bits per heavy atom. The molecule has 1 N–H and O–H groups in total. The SMILES string of the molecule is CCOc1ccccc1/C=C/C(=O)N1CCC(c2ccc(O)cc2)CC1. The Labute approximate surface area is 154 Å². The van der Waals surface area contributed by atoms with Crippen molar-refractivity contribution in [2.24, 2.45) is 0 Å². The summed E-state index contributed by atoms with van der Waals surface area (Å²) in [5.74, 6) is 1.58. The first kappa shape index (κ1) is 18.1. The number of phenolic OH excluding ortho intramolecular Hbond substituents is 1. The first-order chi connectivity index (χ1) is 12.7. The van der Waals surface area contributed by atoms with Crippen molar-refractivity contribution in [1.29, 1.82) is 0 Å². The van der Waals surface area contributed by atoms with Crippen molar-refractivity contribution in [3.05, 3.63) is 65.7 Å². The monoisotopic (exact) mass is 351 g/mol. The highest BCUT2D eigenvalue weighted by Crippen LogP contribution is 2.29. The molecule has 0 spiro atoms. The summed E-state index contributed by atoms with van der Waals surface area (Å²) in [5.41, 5.74) is 2.15. The minimum Gasteiger partial charge on any atom is -0.508 e. The van der Waals surface area contributed by atoms with Gasteiger partial charge in [-0.2, -0.15) is 0 Å². The molecule has 2 aromatic rings. The highest BCUT2D eigenvalue weighted by Gasteiger charge is 2.22. The van der Waals surface area contributed by atoms with Gasteiger partial charge in [-0.3, -0.25) is 4.79 Å². The first-order valence-corrected chi connectivity index (χ1v) is 9.15. The summed E-state index contributed by atoms with van der Waals surface area (Å²) in [5, 5.41) is 9.41. The zero-order valence-corrected chi connectivity index (χ0v) is 15.1. The van der Waals surface area contributed by atoms with E-state index in [9.17, 15) is 9.90 Å². The number of aromatic hydroxyl groups is 1. The van der Waals surface area contributed by atoms with Crippen LogP contribution in [0.15, 0.2) is 54.6 Å². The molecule has 1 saturated heterocycles. The average molecular weight is 351 g/mol. The third-order valence-electron chi connectivity index (χ3n) is 4.80. The molecule has 0 unspecified atom stereocenters. The smallest absolute Gasteiger partial charge is 0.246 e. The van der Waals surface area contributed by atoms with Crippen LogP contribution in [0.1, 0.15) is 36.8 Å². The number of piperidine rings is 1. The lowest BCUT2D eigenvalue weighted by Gasteiger charge is -2.31. The second-order valence-corrected chi connectivity index (χ2v) is 6.50. The molecule has 0 aliphatic carbocycles. The maximum atomic E-state index is 12.5. The largest absolute Gasteiger partial charge is 0.508 e. The van der Waals surface area contributed by atoms with Gasteiger partial charge in [-0.25, -0.2) is 0 Å². The van der Waals surface area contributed by atoms with Crippen molar-refractivity contribution >= 4 is 12.0 Å². The first-order valence-electron chi connectivity index (χ1n) is 9.15. The van der Waals surface area contributed by atoms with Gasteiger partial charge in [-0.15, -0.1) is 0 Å². The lowest BCUT2D eigenvalue weighted by atomic mass is 9.89. The molecular formula is C22H25NO3. The second kappa shape index (κ2) is 8.56. The van der Waals surface area contributed by atoms with E-state index in [1.54, 1.807) is 18.2 Å². The topological polar surface area (TPSA) is 49.8 Å². The van der Waals surface area contributed by atoms with E-state index in [-0.39, 0.29) is 5.91 Å². The zero-order valence-electron chi connectivity index (χ0n) is 15.1. The summed E-state index contributed by atoms with van der Waals surface area (Å²) in [4.78, 5) is 14.4. The fourth-order valence-electron chi connectivity index (χ4n) is 3.35. The zero-order chi connectivity index (χ0) is 18.4. The summed E-state index contributed by atoms with van der Waals surface area (Å²) in [7, 11) is 0.